The molecule has 0 bridgehead atoms. The number of aromatic nitrogens is 2. The second kappa shape index (κ2) is 8.36. The molecule has 0 aliphatic carbocycles. The molecule has 6 nitrogen and oxygen atoms in total. The Morgan fingerprint density at radius 2 is 2.12 bits per heavy atom. The molecular formula is C19H24ClN3O3. The number of nitrogens with one attached hydrogen (secondary N) is 1. The van der Waals surface area contributed by atoms with Crippen LogP contribution in [0, 0.1) is 12.8 Å². The van der Waals surface area contributed by atoms with E-state index in [1.807, 2.05) is 39.8 Å². The van der Waals surface area contributed by atoms with E-state index >= 15 is 0 Å². The van der Waals surface area contributed by atoms with E-state index in [0.29, 0.717) is 23.1 Å². The van der Waals surface area contributed by atoms with Crippen LogP contribution in [0.4, 0.5) is 4.79 Å². The summed E-state index contributed by atoms with van der Waals surface area (Å²) in [7, 11) is 0. The van der Waals surface area contributed by atoms with Crippen molar-refractivity contribution in [2.24, 2.45) is 5.92 Å². The number of pyridine rings is 2. The SMILES string of the molecule is Cc1cc(-c2cc(Cl)c(OCC(C)(CC(C)C)NC(=O)O)cn2)ccn1. The molecule has 0 saturated heterocycles. The van der Waals surface area contributed by atoms with Gasteiger partial charge in [0.25, 0.3) is 0 Å². The second-order valence-electron chi connectivity index (χ2n) is 7.06. The van der Waals surface area contributed by atoms with Crippen LogP contribution in [0.2, 0.25) is 5.02 Å². The molecule has 1 unspecified atom stereocenters. The average Bonchev–Trinajstić information content (AvgIpc) is 2.52. The van der Waals surface area contributed by atoms with Crippen LogP contribution in [-0.4, -0.2) is 33.3 Å². The van der Waals surface area contributed by atoms with E-state index in [1.165, 1.54) is 0 Å². The molecule has 2 N–H and O–H groups in total. The van der Waals surface area contributed by atoms with Gasteiger partial charge in [0.15, 0.2) is 5.75 Å². The molecule has 0 spiro atoms. The number of carboxylic acid groups (broad SMARTS) is 1. The van der Waals surface area contributed by atoms with Gasteiger partial charge in [-0.3, -0.25) is 9.97 Å². The predicted molar refractivity (Wildman–Crippen MR) is 102 cm³/mol. The predicted octanol–water partition coefficient (Wildman–Crippen LogP) is 4.56. The first-order chi connectivity index (χ1) is 12.2. The van der Waals surface area contributed by atoms with Crippen molar-refractivity contribution in [2.45, 2.75) is 39.7 Å². The monoisotopic (exact) mass is 377 g/mol. The van der Waals surface area contributed by atoms with Gasteiger partial charge < -0.3 is 15.2 Å². The number of amides is 1. The highest BCUT2D eigenvalue weighted by molar-refractivity contribution is 6.32. The zero-order chi connectivity index (χ0) is 19.3. The minimum Gasteiger partial charge on any atom is -0.488 e. The van der Waals surface area contributed by atoms with Crippen molar-refractivity contribution in [1.82, 2.24) is 15.3 Å². The van der Waals surface area contributed by atoms with Gasteiger partial charge in [0.1, 0.15) is 6.61 Å². The van der Waals surface area contributed by atoms with E-state index in [4.69, 9.17) is 21.4 Å². The second-order valence-corrected chi connectivity index (χ2v) is 7.47. The normalized spacial score (nSPS) is 13.3. The Balaban J connectivity index is 2.15. The van der Waals surface area contributed by atoms with Gasteiger partial charge in [0.2, 0.25) is 0 Å². The summed E-state index contributed by atoms with van der Waals surface area (Å²) >= 11 is 6.34. The summed E-state index contributed by atoms with van der Waals surface area (Å²) in [6.07, 6.45) is 2.84. The lowest BCUT2D eigenvalue weighted by Gasteiger charge is -2.31. The third-order valence-corrected chi connectivity index (χ3v) is 4.12. The van der Waals surface area contributed by atoms with Crippen LogP contribution in [0.5, 0.6) is 5.75 Å². The molecule has 2 rings (SSSR count). The zero-order valence-corrected chi connectivity index (χ0v) is 16.2. The number of hydrogen-bond acceptors (Lipinski definition) is 4. The maximum Gasteiger partial charge on any atom is 0.405 e. The fraction of sp³-hybridized carbons (Fsp3) is 0.421. The number of ether oxygens (including phenoxy) is 1. The Morgan fingerprint density at radius 3 is 2.69 bits per heavy atom. The van der Waals surface area contributed by atoms with Gasteiger partial charge in [0.05, 0.1) is 22.5 Å². The van der Waals surface area contributed by atoms with Crippen LogP contribution >= 0.6 is 11.6 Å². The van der Waals surface area contributed by atoms with Gasteiger partial charge in [0, 0.05) is 17.5 Å². The van der Waals surface area contributed by atoms with Gasteiger partial charge in [-0.05, 0) is 44.4 Å². The standard InChI is InChI=1S/C19H24ClN3O3/c1-12(2)9-19(4,23-18(24)25)11-26-17-10-22-16(8-15(17)20)14-5-6-21-13(3)7-14/h5-8,10,12,23H,9,11H2,1-4H3,(H,24,25). The van der Waals surface area contributed by atoms with E-state index in [9.17, 15) is 4.79 Å². The highest BCUT2D eigenvalue weighted by Crippen LogP contribution is 2.29. The number of halogens is 1. The summed E-state index contributed by atoms with van der Waals surface area (Å²) in [5.74, 6) is 0.727. The first kappa shape index (κ1) is 20.0. The molecule has 2 aromatic heterocycles. The maximum atomic E-state index is 11.1. The number of rotatable bonds is 7. The Morgan fingerprint density at radius 1 is 1.38 bits per heavy atom. The summed E-state index contributed by atoms with van der Waals surface area (Å²) in [5.41, 5.74) is 1.82. The number of nitrogens with zero attached hydrogens (tertiary/aromatic N) is 2. The van der Waals surface area contributed by atoms with E-state index in [2.05, 4.69) is 15.3 Å². The molecule has 2 aromatic rings. The van der Waals surface area contributed by atoms with E-state index in [-0.39, 0.29) is 6.61 Å². The quantitative estimate of drug-likeness (QED) is 0.739. The summed E-state index contributed by atoms with van der Waals surface area (Å²) in [5, 5.41) is 12.1. The van der Waals surface area contributed by atoms with E-state index < -0.39 is 11.6 Å². The van der Waals surface area contributed by atoms with Crippen molar-refractivity contribution >= 4 is 17.7 Å². The molecule has 0 aliphatic rings. The lowest BCUT2D eigenvalue weighted by atomic mass is 9.91. The largest absolute Gasteiger partial charge is 0.488 e. The highest BCUT2D eigenvalue weighted by atomic mass is 35.5. The topological polar surface area (TPSA) is 84.3 Å². The van der Waals surface area contributed by atoms with Crippen LogP contribution in [0.25, 0.3) is 11.3 Å². The van der Waals surface area contributed by atoms with Crippen LogP contribution in [0.15, 0.2) is 30.6 Å². The fourth-order valence-corrected chi connectivity index (χ4v) is 3.14. The fourth-order valence-electron chi connectivity index (χ4n) is 2.93. The van der Waals surface area contributed by atoms with Crippen LogP contribution in [-0.2, 0) is 0 Å². The Kier molecular flexibility index (Phi) is 6.42. The van der Waals surface area contributed by atoms with Crippen LogP contribution < -0.4 is 10.1 Å². The maximum absolute atomic E-state index is 11.1. The highest BCUT2D eigenvalue weighted by Gasteiger charge is 2.29. The minimum atomic E-state index is -1.08. The van der Waals surface area contributed by atoms with Gasteiger partial charge in [-0.15, -0.1) is 0 Å². The minimum absolute atomic E-state index is 0.159. The summed E-state index contributed by atoms with van der Waals surface area (Å²) < 4.78 is 5.79. The third kappa shape index (κ3) is 5.59. The number of carbonyl (C=O) groups is 1. The molecule has 0 aromatic carbocycles. The Bertz CT molecular complexity index is 782. The molecule has 2 heterocycles. The first-order valence-corrected chi connectivity index (χ1v) is 8.79. The number of aryl methyl sites for hydroxylation is 1. The average molecular weight is 378 g/mol. The molecule has 0 radical (unpaired) electrons. The summed E-state index contributed by atoms with van der Waals surface area (Å²) in [6.45, 7) is 7.94. The Hall–Kier alpha value is -2.34. The van der Waals surface area contributed by atoms with Crippen LogP contribution in [0.1, 0.15) is 32.9 Å². The van der Waals surface area contributed by atoms with Crippen molar-refractivity contribution in [2.75, 3.05) is 6.61 Å². The van der Waals surface area contributed by atoms with E-state index in [1.54, 1.807) is 18.5 Å². The van der Waals surface area contributed by atoms with Crippen molar-refractivity contribution in [3.63, 3.8) is 0 Å². The van der Waals surface area contributed by atoms with Crippen molar-refractivity contribution in [3.8, 4) is 17.0 Å². The van der Waals surface area contributed by atoms with E-state index in [0.717, 1.165) is 17.0 Å². The van der Waals surface area contributed by atoms with Gasteiger partial charge in [-0.1, -0.05) is 25.4 Å². The lowest BCUT2D eigenvalue weighted by Crippen LogP contribution is -2.50. The molecule has 1 atom stereocenters. The molecule has 0 aliphatic heterocycles. The van der Waals surface area contributed by atoms with Gasteiger partial charge >= 0.3 is 6.09 Å². The van der Waals surface area contributed by atoms with Crippen molar-refractivity contribution in [1.29, 1.82) is 0 Å². The van der Waals surface area contributed by atoms with Gasteiger partial charge in [-0.25, -0.2) is 4.79 Å². The molecule has 26 heavy (non-hydrogen) atoms. The molecule has 1 amide bonds. The third-order valence-electron chi connectivity index (χ3n) is 3.83. The van der Waals surface area contributed by atoms with Crippen molar-refractivity contribution in [3.05, 3.63) is 41.3 Å². The summed E-state index contributed by atoms with van der Waals surface area (Å²) in [4.78, 5) is 19.7. The van der Waals surface area contributed by atoms with Gasteiger partial charge in [-0.2, -0.15) is 0 Å². The first-order valence-electron chi connectivity index (χ1n) is 8.41. The smallest absolute Gasteiger partial charge is 0.405 e. The van der Waals surface area contributed by atoms with Crippen LogP contribution in [0.3, 0.4) is 0 Å². The molecule has 140 valence electrons. The molecular weight excluding hydrogens is 354 g/mol. The number of hydrogen-bond donors (Lipinski definition) is 2. The van der Waals surface area contributed by atoms with Crippen molar-refractivity contribution < 1.29 is 14.6 Å². The molecule has 0 fully saturated rings. The molecule has 7 heteroatoms. The Labute approximate surface area is 158 Å². The zero-order valence-electron chi connectivity index (χ0n) is 15.4. The molecule has 0 saturated carbocycles. The lowest BCUT2D eigenvalue weighted by molar-refractivity contribution is 0.143. The summed E-state index contributed by atoms with van der Waals surface area (Å²) in [6, 6.07) is 5.52.